The van der Waals surface area contributed by atoms with Gasteiger partial charge in [-0.15, -0.1) is 0 Å². The zero-order valence-corrected chi connectivity index (χ0v) is 14.0. The lowest BCUT2D eigenvalue weighted by atomic mass is 10.00. The van der Waals surface area contributed by atoms with Gasteiger partial charge in [-0.2, -0.15) is 0 Å². The Kier molecular flexibility index (Phi) is 2.95. The van der Waals surface area contributed by atoms with E-state index in [-0.39, 0.29) is 0 Å². The largest absolute Gasteiger partial charge is 0.343 e. The summed E-state index contributed by atoms with van der Waals surface area (Å²) >= 11 is 0. The van der Waals surface area contributed by atoms with Crippen molar-refractivity contribution in [3.05, 3.63) is 83.4 Å². The monoisotopic (exact) mass is 323 g/mol. The molecule has 0 bridgehead atoms. The Balaban J connectivity index is 1.74. The normalized spacial score (nSPS) is 12.2. The molecule has 0 spiro atoms. The lowest BCUT2D eigenvalue weighted by Crippen LogP contribution is -1.94. The van der Waals surface area contributed by atoms with Crippen LogP contribution >= 0.6 is 0 Å². The van der Waals surface area contributed by atoms with E-state index in [1.54, 1.807) is 0 Å². The quantitative estimate of drug-likeness (QED) is 0.408. The summed E-state index contributed by atoms with van der Waals surface area (Å²) in [5.74, 6) is 0. The van der Waals surface area contributed by atoms with Crippen molar-refractivity contribution >= 4 is 17.2 Å². The van der Waals surface area contributed by atoms with Gasteiger partial charge < -0.3 is 4.57 Å². The van der Waals surface area contributed by atoms with Gasteiger partial charge in [0.15, 0.2) is 6.29 Å². The van der Waals surface area contributed by atoms with Crippen LogP contribution in [0.1, 0.15) is 21.5 Å². The smallest absolute Gasteiger partial charge is 0.152 e. The van der Waals surface area contributed by atoms with Gasteiger partial charge in [0.2, 0.25) is 0 Å². The number of carbonyl (C=O) groups is 1. The molecule has 2 nitrogen and oxygen atoms in total. The minimum absolute atomic E-state index is 0.772. The van der Waals surface area contributed by atoms with E-state index in [4.69, 9.17) is 0 Å². The Morgan fingerprint density at radius 2 is 1.64 bits per heavy atom. The third-order valence-electron chi connectivity index (χ3n) is 5.33. The van der Waals surface area contributed by atoms with Gasteiger partial charge in [-0.25, -0.2) is 0 Å². The van der Waals surface area contributed by atoms with E-state index in [0.717, 1.165) is 40.4 Å². The van der Waals surface area contributed by atoms with Crippen LogP contribution in [0.2, 0.25) is 0 Å². The van der Waals surface area contributed by atoms with Gasteiger partial charge in [-0.05, 0) is 46.4 Å². The molecule has 120 valence electrons. The topological polar surface area (TPSA) is 22.0 Å². The number of aryl methyl sites for hydroxylation is 1. The highest BCUT2D eigenvalue weighted by Gasteiger charge is 2.21. The fourth-order valence-corrected chi connectivity index (χ4v) is 4.18. The van der Waals surface area contributed by atoms with Gasteiger partial charge in [0.25, 0.3) is 0 Å². The Labute approximate surface area is 146 Å². The van der Waals surface area contributed by atoms with E-state index < -0.39 is 0 Å². The second-order valence-electron chi connectivity index (χ2n) is 6.66. The molecule has 1 aliphatic rings. The molecule has 4 aromatic rings. The molecule has 0 atom stereocenters. The first-order valence-electron chi connectivity index (χ1n) is 8.52. The van der Waals surface area contributed by atoms with Gasteiger partial charge in [-0.3, -0.25) is 4.79 Å². The van der Waals surface area contributed by atoms with Crippen LogP contribution in [0.5, 0.6) is 0 Å². The first-order chi connectivity index (χ1) is 12.3. The summed E-state index contributed by atoms with van der Waals surface area (Å²) in [6.07, 6.45) is 1.94. The van der Waals surface area contributed by atoms with Crippen molar-refractivity contribution in [1.82, 2.24) is 4.57 Å². The number of para-hydroxylation sites is 1. The zero-order chi connectivity index (χ0) is 17.0. The molecule has 0 saturated carbocycles. The molecule has 25 heavy (non-hydrogen) atoms. The highest BCUT2D eigenvalue weighted by molar-refractivity contribution is 6.05. The minimum Gasteiger partial charge on any atom is -0.343 e. The summed E-state index contributed by atoms with van der Waals surface area (Å²) in [5, 5.41) is 1.01. The molecule has 0 amide bonds. The van der Waals surface area contributed by atoms with Crippen molar-refractivity contribution in [3.8, 4) is 22.4 Å². The fourth-order valence-electron chi connectivity index (χ4n) is 4.18. The molecule has 2 heteroatoms. The molecule has 0 saturated heterocycles. The maximum absolute atomic E-state index is 11.8. The maximum atomic E-state index is 11.8. The molecule has 1 heterocycles. The molecular formula is C23H17NO. The molecular weight excluding hydrogens is 306 g/mol. The van der Waals surface area contributed by atoms with Crippen LogP contribution in [0.4, 0.5) is 0 Å². The number of fused-ring (bicyclic) bond motifs is 4. The van der Waals surface area contributed by atoms with E-state index in [0.29, 0.717) is 0 Å². The standard InChI is InChI=1S/C23H17NO/c1-24-22-9-5-4-8-20(22)21(14-25)23(24)16-10-11-19-17(13-16)12-15-6-2-3-7-18(15)19/h2-11,13-14H,12H2,1H3. The number of rotatable bonds is 2. The fraction of sp³-hybridized carbons (Fsp3) is 0.0870. The van der Waals surface area contributed by atoms with E-state index in [2.05, 4.69) is 53.1 Å². The van der Waals surface area contributed by atoms with Crippen molar-refractivity contribution in [2.45, 2.75) is 6.42 Å². The summed E-state index contributed by atoms with van der Waals surface area (Å²) in [6, 6.07) is 23.2. The van der Waals surface area contributed by atoms with Crippen LogP contribution in [0, 0.1) is 0 Å². The summed E-state index contributed by atoms with van der Waals surface area (Å²) in [6.45, 7) is 0. The van der Waals surface area contributed by atoms with Gasteiger partial charge in [0.1, 0.15) is 0 Å². The second-order valence-corrected chi connectivity index (χ2v) is 6.66. The van der Waals surface area contributed by atoms with Crippen LogP contribution in [0.25, 0.3) is 33.3 Å². The third-order valence-corrected chi connectivity index (χ3v) is 5.33. The molecule has 0 radical (unpaired) electrons. The first-order valence-corrected chi connectivity index (χ1v) is 8.52. The van der Waals surface area contributed by atoms with E-state index in [1.165, 1.54) is 22.3 Å². The summed E-state index contributed by atoms with van der Waals surface area (Å²) in [4.78, 5) is 11.8. The summed E-state index contributed by atoms with van der Waals surface area (Å²) < 4.78 is 2.13. The molecule has 1 aliphatic carbocycles. The van der Waals surface area contributed by atoms with Crippen LogP contribution in [0.3, 0.4) is 0 Å². The van der Waals surface area contributed by atoms with Gasteiger partial charge >= 0.3 is 0 Å². The van der Waals surface area contributed by atoms with Crippen molar-refractivity contribution in [3.63, 3.8) is 0 Å². The lowest BCUT2D eigenvalue weighted by Gasteiger charge is -2.08. The van der Waals surface area contributed by atoms with Gasteiger partial charge in [0, 0.05) is 23.5 Å². The average molecular weight is 323 g/mol. The molecule has 5 rings (SSSR count). The molecule has 0 fully saturated rings. The molecule has 0 unspecified atom stereocenters. The Bertz CT molecular complexity index is 1150. The van der Waals surface area contributed by atoms with E-state index in [9.17, 15) is 4.79 Å². The van der Waals surface area contributed by atoms with Crippen molar-refractivity contribution < 1.29 is 4.79 Å². The number of carbonyl (C=O) groups excluding carboxylic acids is 1. The number of nitrogens with zero attached hydrogens (tertiary/aromatic N) is 1. The van der Waals surface area contributed by atoms with Crippen molar-refractivity contribution in [2.75, 3.05) is 0 Å². The Morgan fingerprint density at radius 1 is 0.880 bits per heavy atom. The predicted molar refractivity (Wildman–Crippen MR) is 102 cm³/mol. The number of hydrogen-bond acceptors (Lipinski definition) is 1. The maximum Gasteiger partial charge on any atom is 0.152 e. The Morgan fingerprint density at radius 3 is 2.52 bits per heavy atom. The SMILES string of the molecule is Cn1c(-c2ccc3c(c2)Cc2ccccc2-3)c(C=O)c2ccccc21. The van der Waals surface area contributed by atoms with Crippen LogP contribution < -0.4 is 0 Å². The first kappa shape index (κ1) is 14.2. The van der Waals surface area contributed by atoms with Crippen LogP contribution in [-0.2, 0) is 13.5 Å². The number of benzene rings is 3. The molecule has 3 aromatic carbocycles. The van der Waals surface area contributed by atoms with Crippen LogP contribution in [0.15, 0.2) is 66.7 Å². The molecule has 1 aromatic heterocycles. The lowest BCUT2D eigenvalue weighted by molar-refractivity contribution is 0.112. The van der Waals surface area contributed by atoms with Crippen molar-refractivity contribution in [1.29, 1.82) is 0 Å². The average Bonchev–Trinajstić information content (AvgIpc) is 3.16. The number of hydrogen-bond donors (Lipinski definition) is 0. The predicted octanol–water partition coefficient (Wildman–Crippen LogP) is 5.23. The number of aromatic nitrogens is 1. The van der Waals surface area contributed by atoms with Crippen molar-refractivity contribution in [2.24, 2.45) is 7.05 Å². The highest BCUT2D eigenvalue weighted by Crippen LogP contribution is 2.40. The van der Waals surface area contributed by atoms with E-state index in [1.807, 2.05) is 25.2 Å². The Hall–Kier alpha value is -3.13. The summed E-state index contributed by atoms with van der Waals surface area (Å²) in [5.41, 5.74) is 9.31. The van der Waals surface area contributed by atoms with Gasteiger partial charge in [-0.1, -0.05) is 54.6 Å². The minimum atomic E-state index is 0.772. The highest BCUT2D eigenvalue weighted by atomic mass is 16.1. The molecule has 0 aliphatic heterocycles. The number of aldehydes is 1. The zero-order valence-electron chi connectivity index (χ0n) is 14.0. The van der Waals surface area contributed by atoms with Gasteiger partial charge in [0.05, 0.1) is 5.69 Å². The van der Waals surface area contributed by atoms with Crippen LogP contribution in [-0.4, -0.2) is 10.9 Å². The third kappa shape index (κ3) is 1.94. The molecule has 0 N–H and O–H groups in total. The second kappa shape index (κ2) is 5.18. The van der Waals surface area contributed by atoms with E-state index >= 15 is 0 Å². The summed E-state index contributed by atoms with van der Waals surface area (Å²) in [7, 11) is 2.03.